The van der Waals surface area contributed by atoms with Crippen LogP contribution >= 0.6 is 0 Å². The minimum absolute atomic E-state index is 0.256. The van der Waals surface area contributed by atoms with Gasteiger partial charge in [0.15, 0.2) is 0 Å². The number of nitrogen functional groups attached to an aromatic ring is 1. The summed E-state index contributed by atoms with van der Waals surface area (Å²) in [5, 5.41) is 3.45. The molecule has 0 atom stereocenters. The second-order valence-electron chi connectivity index (χ2n) is 4.67. The van der Waals surface area contributed by atoms with Crippen molar-refractivity contribution in [2.75, 3.05) is 11.1 Å². The van der Waals surface area contributed by atoms with Gasteiger partial charge in [0.1, 0.15) is 5.82 Å². The van der Waals surface area contributed by atoms with Crippen molar-refractivity contribution in [3.05, 3.63) is 64.2 Å². The van der Waals surface area contributed by atoms with Crippen LogP contribution in [0.1, 0.15) is 5.56 Å². The number of halogens is 1. The molecule has 0 aliphatic carbocycles. The van der Waals surface area contributed by atoms with Crippen molar-refractivity contribution >= 4 is 22.5 Å². The zero-order valence-corrected chi connectivity index (χ0v) is 11.1. The lowest BCUT2D eigenvalue weighted by Gasteiger charge is -2.07. The first kappa shape index (κ1) is 13.1. The highest BCUT2D eigenvalue weighted by atomic mass is 19.1. The lowest BCUT2D eigenvalue weighted by Crippen LogP contribution is -2.13. The fourth-order valence-corrected chi connectivity index (χ4v) is 2.03. The number of fused-ring (bicyclic) bond motifs is 1. The van der Waals surface area contributed by atoms with Gasteiger partial charge in [-0.15, -0.1) is 0 Å². The molecule has 21 heavy (non-hydrogen) atoms. The van der Waals surface area contributed by atoms with Crippen molar-refractivity contribution in [2.45, 2.75) is 6.54 Å². The number of nitrogens with one attached hydrogen (secondary N) is 2. The molecule has 3 aromatic rings. The van der Waals surface area contributed by atoms with E-state index in [9.17, 15) is 9.18 Å². The lowest BCUT2D eigenvalue weighted by atomic mass is 10.2. The van der Waals surface area contributed by atoms with E-state index in [1.165, 1.54) is 12.1 Å². The van der Waals surface area contributed by atoms with Gasteiger partial charge < -0.3 is 11.1 Å². The number of H-pyrrole nitrogens is 1. The molecule has 106 valence electrons. The van der Waals surface area contributed by atoms with Crippen molar-refractivity contribution in [1.82, 2.24) is 9.97 Å². The third-order valence-corrected chi connectivity index (χ3v) is 3.10. The summed E-state index contributed by atoms with van der Waals surface area (Å²) in [6, 6.07) is 11.1. The zero-order valence-electron chi connectivity index (χ0n) is 11.1. The first-order chi connectivity index (χ1) is 10.1. The Hall–Kier alpha value is -2.89. The molecule has 0 amide bonds. The molecule has 6 heteroatoms. The molecule has 0 unspecified atom stereocenters. The number of nitrogens with zero attached hydrogens (tertiary/aromatic N) is 1. The summed E-state index contributed by atoms with van der Waals surface area (Å²) in [4.78, 5) is 18.9. The van der Waals surface area contributed by atoms with Crippen molar-refractivity contribution in [1.29, 1.82) is 0 Å². The second-order valence-corrected chi connectivity index (χ2v) is 4.67. The third kappa shape index (κ3) is 2.84. The number of benzene rings is 2. The van der Waals surface area contributed by atoms with Crippen molar-refractivity contribution in [2.24, 2.45) is 0 Å². The normalized spacial score (nSPS) is 10.7. The number of hydrogen-bond acceptors (Lipinski definition) is 4. The van der Waals surface area contributed by atoms with Crippen LogP contribution in [-0.2, 0) is 6.54 Å². The Labute approximate surface area is 119 Å². The Morgan fingerprint density at radius 2 is 1.95 bits per heavy atom. The van der Waals surface area contributed by atoms with Gasteiger partial charge in [-0.05, 0) is 35.9 Å². The van der Waals surface area contributed by atoms with E-state index < -0.39 is 0 Å². The van der Waals surface area contributed by atoms with Crippen LogP contribution < -0.4 is 16.6 Å². The summed E-state index contributed by atoms with van der Waals surface area (Å²) in [5.74, 6) is 0.0789. The Bertz CT molecular complexity index is 842. The standard InChI is InChI=1S/C15H13FN4O/c16-10-3-1-9(2-4-10)8-18-15-19-13-6-5-11(17)7-12(13)14(21)20-15/h1-7H,8,17H2,(H2,18,19,20,21). The first-order valence-corrected chi connectivity index (χ1v) is 6.40. The van der Waals surface area contributed by atoms with E-state index in [-0.39, 0.29) is 11.4 Å². The average molecular weight is 284 g/mol. The minimum atomic E-state index is -0.284. The van der Waals surface area contributed by atoms with Gasteiger partial charge in [0.25, 0.3) is 5.56 Å². The van der Waals surface area contributed by atoms with Gasteiger partial charge >= 0.3 is 0 Å². The van der Waals surface area contributed by atoms with Gasteiger partial charge in [-0.2, -0.15) is 0 Å². The number of nitrogens with two attached hydrogens (primary N) is 1. The summed E-state index contributed by atoms with van der Waals surface area (Å²) >= 11 is 0. The molecule has 5 nitrogen and oxygen atoms in total. The fraction of sp³-hybridized carbons (Fsp3) is 0.0667. The summed E-state index contributed by atoms with van der Waals surface area (Å²) in [7, 11) is 0. The topological polar surface area (TPSA) is 83.8 Å². The maximum atomic E-state index is 12.8. The predicted octanol–water partition coefficient (Wildman–Crippen LogP) is 2.26. The van der Waals surface area contributed by atoms with E-state index in [1.807, 2.05) is 0 Å². The lowest BCUT2D eigenvalue weighted by molar-refractivity contribution is 0.627. The van der Waals surface area contributed by atoms with Crippen LogP contribution in [0.4, 0.5) is 16.0 Å². The predicted molar refractivity (Wildman–Crippen MR) is 80.5 cm³/mol. The molecule has 0 saturated heterocycles. The fourth-order valence-electron chi connectivity index (χ4n) is 2.03. The molecule has 0 spiro atoms. The number of hydrogen-bond donors (Lipinski definition) is 3. The van der Waals surface area contributed by atoms with E-state index in [0.29, 0.717) is 29.1 Å². The smallest absolute Gasteiger partial charge is 0.260 e. The van der Waals surface area contributed by atoms with Gasteiger partial charge in [-0.25, -0.2) is 9.37 Å². The molecule has 1 aromatic heterocycles. The molecule has 0 aliphatic rings. The Kier molecular flexibility index (Phi) is 3.27. The molecular weight excluding hydrogens is 271 g/mol. The SMILES string of the molecule is Nc1ccc2nc(NCc3ccc(F)cc3)[nH]c(=O)c2c1. The zero-order chi connectivity index (χ0) is 14.8. The quantitative estimate of drug-likeness (QED) is 0.644. The molecule has 3 rings (SSSR count). The summed E-state index contributed by atoms with van der Waals surface area (Å²) < 4.78 is 12.8. The molecule has 4 N–H and O–H groups in total. The average Bonchev–Trinajstić information content (AvgIpc) is 2.47. The number of aromatic amines is 1. The van der Waals surface area contributed by atoms with E-state index >= 15 is 0 Å². The van der Waals surface area contributed by atoms with E-state index in [0.717, 1.165) is 5.56 Å². The maximum absolute atomic E-state index is 12.8. The molecule has 0 saturated carbocycles. The summed E-state index contributed by atoms with van der Waals surface area (Å²) in [6.45, 7) is 0.434. The van der Waals surface area contributed by atoms with Crippen molar-refractivity contribution < 1.29 is 4.39 Å². The van der Waals surface area contributed by atoms with E-state index in [4.69, 9.17) is 5.73 Å². The maximum Gasteiger partial charge on any atom is 0.260 e. The highest BCUT2D eigenvalue weighted by Crippen LogP contribution is 2.13. The molecule has 0 aliphatic heterocycles. The second kappa shape index (κ2) is 5.24. The van der Waals surface area contributed by atoms with E-state index in [1.54, 1.807) is 30.3 Å². The molecular formula is C15H13FN4O. The number of aromatic nitrogens is 2. The van der Waals surface area contributed by atoms with Gasteiger partial charge in [0.05, 0.1) is 10.9 Å². The molecule has 2 aromatic carbocycles. The monoisotopic (exact) mass is 284 g/mol. The van der Waals surface area contributed by atoms with Gasteiger partial charge in [0, 0.05) is 12.2 Å². The Balaban J connectivity index is 1.86. The van der Waals surface area contributed by atoms with Crippen molar-refractivity contribution in [3.63, 3.8) is 0 Å². The van der Waals surface area contributed by atoms with Gasteiger partial charge in [-0.3, -0.25) is 9.78 Å². The van der Waals surface area contributed by atoms with Crippen LogP contribution in [0.15, 0.2) is 47.3 Å². The molecule has 1 heterocycles. The van der Waals surface area contributed by atoms with Crippen molar-refractivity contribution in [3.8, 4) is 0 Å². The highest BCUT2D eigenvalue weighted by molar-refractivity contribution is 5.81. The van der Waals surface area contributed by atoms with Crippen LogP contribution in [0.3, 0.4) is 0 Å². The van der Waals surface area contributed by atoms with Crippen LogP contribution in [-0.4, -0.2) is 9.97 Å². The summed E-state index contributed by atoms with van der Waals surface area (Å²) in [6.07, 6.45) is 0. The van der Waals surface area contributed by atoms with Crippen LogP contribution in [0, 0.1) is 5.82 Å². The van der Waals surface area contributed by atoms with Crippen LogP contribution in [0.25, 0.3) is 10.9 Å². The third-order valence-electron chi connectivity index (χ3n) is 3.10. The van der Waals surface area contributed by atoms with Gasteiger partial charge in [-0.1, -0.05) is 12.1 Å². The van der Waals surface area contributed by atoms with E-state index in [2.05, 4.69) is 15.3 Å². The summed E-state index contributed by atoms with van der Waals surface area (Å²) in [5.41, 5.74) is 7.36. The largest absolute Gasteiger partial charge is 0.399 e. The van der Waals surface area contributed by atoms with Crippen LogP contribution in [0.5, 0.6) is 0 Å². The Morgan fingerprint density at radius 3 is 2.71 bits per heavy atom. The molecule has 0 fully saturated rings. The highest BCUT2D eigenvalue weighted by Gasteiger charge is 2.04. The van der Waals surface area contributed by atoms with Gasteiger partial charge in [0.2, 0.25) is 5.95 Å². The van der Waals surface area contributed by atoms with Crippen LogP contribution in [0.2, 0.25) is 0 Å². The first-order valence-electron chi connectivity index (χ1n) is 6.40. The minimum Gasteiger partial charge on any atom is -0.399 e. The Morgan fingerprint density at radius 1 is 1.19 bits per heavy atom. The molecule has 0 radical (unpaired) electrons. The number of anilines is 2. The molecule has 0 bridgehead atoms. The number of rotatable bonds is 3.